The fraction of sp³-hybridized carbons (Fsp3) is 0.625. The summed E-state index contributed by atoms with van der Waals surface area (Å²) >= 11 is 2.04. The second kappa shape index (κ2) is 5.76. The molecule has 0 aliphatic carbocycles. The molecule has 2 aliphatic heterocycles. The van der Waals surface area contributed by atoms with Crippen LogP contribution in [0.15, 0.2) is 24.3 Å². The lowest BCUT2D eigenvalue weighted by Gasteiger charge is -2.38. The van der Waals surface area contributed by atoms with Crippen LogP contribution in [0.3, 0.4) is 0 Å². The van der Waals surface area contributed by atoms with E-state index in [1.165, 1.54) is 29.2 Å². The summed E-state index contributed by atoms with van der Waals surface area (Å²) in [5, 5.41) is 3.72. The quantitative estimate of drug-likeness (QED) is 0.910. The van der Waals surface area contributed by atoms with Crippen molar-refractivity contribution in [3.05, 3.63) is 29.8 Å². The Balaban J connectivity index is 1.65. The van der Waals surface area contributed by atoms with Crippen LogP contribution < -0.4 is 5.32 Å². The van der Waals surface area contributed by atoms with Crippen LogP contribution in [0, 0.1) is 0 Å². The Morgan fingerprint density at radius 1 is 1.47 bits per heavy atom. The molecular weight excluding hydrogens is 254 g/mol. The Hall–Kier alpha value is -0.670. The first-order valence-electron chi connectivity index (χ1n) is 7.37. The topological polar surface area (TPSA) is 21.3 Å². The molecule has 3 heteroatoms. The number of rotatable bonds is 3. The van der Waals surface area contributed by atoms with Crippen molar-refractivity contribution in [1.29, 1.82) is 0 Å². The Bertz CT molecular complexity index is 429. The van der Waals surface area contributed by atoms with Crippen LogP contribution in [0.5, 0.6) is 0 Å². The standard InChI is InChI=1S/C16H23NOS/c1-2-13-4-3-5-14(10-13)17-15-6-8-18-16(11-15)7-9-19-12-16/h3-5,10,15,17H,2,6-9,11-12H2,1H3. The summed E-state index contributed by atoms with van der Waals surface area (Å²) in [5.41, 5.74) is 2.85. The van der Waals surface area contributed by atoms with Gasteiger partial charge in [0.25, 0.3) is 0 Å². The molecule has 3 rings (SSSR count). The van der Waals surface area contributed by atoms with Gasteiger partial charge in [-0.2, -0.15) is 11.8 Å². The number of benzene rings is 1. The molecule has 1 aromatic carbocycles. The summed E-state index contributed by atoms with van der Waals surface area (Å²) in [7, 11) is 0. The Labute approximate surface area is 120 Å². The van der Waals surface area contributed by atoms with E-state index in [2.05, 4.69) is 36.5 Å². The molecule has 2 nitrogen and oxygen atoms in total. The highest BCUT2D eigenvalue weighted by Crippen LogP contribution is 2.38. The summed E-state index contributed by atoms with van der Waals surface area (Å²) in [6.45, 7) is 3.12. The van der Waals surface area contributed by atoms with Crippen LogP contribution >= 0.6 is 11.8 Å². The maximum absolute atomic E-state index is 6.08. The first-order valence-corrected chi connectivity index (χ1v) is 8.52. The van der Waals surface area contributed by atoms with E-state index in [4.69, 9.17) is 4.74 Å². The summed E-state index contributed by atoms with van der Waals surface area (Å²) in [4.78, 5) is 0. The normalized spacial score (nSPS) is 30.7. The highest BCUT2D eigenvalue weighted by Gasteiger charge is 2.40. The van der Waals surface area contributed by atoms with Crippen molar-refractivity contribution in [3.63, 3.8) is 0 Å². The number of nitrogens with one attached hydrogen (secondary N) is 1. The SMILES string of the molecule is CCc1cccc(NC2CCOC3(CCSC3)C2)c1. The third kappa shape index (κ3) is 3.09. The fourth-order valence-electron chi connectivity index (χ4n) is 3.13. The minimum atomic E-state index is 0.170. The lowest BCUT2D eigenvalue weighted by atomic mass is 9.89. The van der Waals surface area contributed by atoms with Crippen LogP contribution in [0.4, 0.5) is 5.69 Å². The van der Waals surface area contributed by atoms with Gasteiger partial charge in [0.2, 0.25) is 0 Å². The molecule has 2 heterocycles. The van der Waals surface area contributed by atoms with Gasteiger partial charge in [0.15, 0.2) is 0 Å². The van der Waals surface area contributed by atoms with E-state index in [9.17, 15) is 0 Å². The molecule has 2 aliphatic rings. The first kappa shape index (κ1) is 13.3. The Kier molecular flexibility index (Phi) is 4.04. The van der Waals surface area contributed by atoms with Gasteiger partial charge in [-0.3, -0.25) is 0 Å². The number of hydrogen-bond acceptors (Lipinski definition) is 3. The van der Waals surface area contributed by atoms with Gasteiger partial charge in [0.05, 0.1) is 5.60 Å². The minimum absolute atomic E-state index is 0.170. The second-order valence-corrected chi connectivity index (χ2v) is 6.83. The van der Waals surface area contributed by atoms with Crippen LogP contribution in [-0.4, -0.2) is 29.8 Å². The van der Waals surface area contributed by atoms with Crippen LogP contribution in [0.1, 0.15) is 31.7 Å². The zero-order chi connectivity index (χ0) is 13.1. The van der Waals surface area contributed by atoms with E-state index >= 15 is 0 Å². The average molecular weight is 277 g/mol. The number of hydrogen-bond donors (Lipinski definition) is 1. The van der Waals surface area contributed by atoms with Crippen molar-refractivity contribution in [2.45, 2.75) is 44.2 Å². The molecule has 2 saturated heterocycles. The third-order valence-electron chi connectivity index (χ3n) is 4.27. The van der Waals surface area contributed by atoms with Crippen LogP contribution in [0.2, 0.25) is 0 Å². The van der Waals surface area contributed by atoms with Crippen molar-refractivity contribution < 1.29 is 4.74 Å². The molecule has 2 unspecified atom stereocenters. The molecule has 104 valence electrons. The zero-order valence-corrected chi connectivity index (χ0v) is 12.5. The van der Waals surface area contributed by atoms with Crippen molar-refractivity contribution in [1.82, 2.24) is 0 Å². The predicted molar refractivity (Wildman–Crippen MR) is 83.1 cm³/mol. The van der Waals surface area contributed by atoms with E-state index in [0.717, 1.165) is 25.9 Å². The fourth-order valence-corrected chi connectivity index (χ4v) is 4.51. The predicted octanol–water partition coefficient (Wildman–Crippen LogP) is 3.72. The lowest BCUT2D eigenvalue weighted by molar-refractivity contribution is -0.0628. The van der Waals surface area contributed by atoms with Gasteiger partial charge >= 0.3 is 0 Å². The Morgan fingerprint density at radius 2 is 2.42 bits per heavy atom. The largest absolute Gasteiger partial charge is 0.382 e. The summed E-state index contributed by atoms with van der Waals surface area (Å²) in [6.07, 6.45) is 4.62. The van der Waals surface area contributed by atoms with E-state index in [0.29, 0.717) is 6.04 Å². The maximum Gasteiger partial charge on any atom is 0.0799 e. The Morgan fingerprint density at radius 3 is 3.21 bits per heavy atom. The minimum Gasteiger partial charge on any atom is -0.382 e. The van der Waals surface area contributed by atoms with Gasteiger partial charge in [-0.25, -0.2) is 0 Å². The molecule has 0 saturated carbocycles. The lowest BCUT2D eigenvalue weighted by Crippen LogP contribution is -2.44. The van der Waals surface area contributed by atoms with Crippen molar-refractivity contribution in [2.24, 2.45) is 0 Å². The van der Waals surface area contributed by atoms with E-state index < -0.39 is 0 Å². The monoisotopic (exact) mass is 277 g/mol. The molecule has 0 radical (unpaired) electrons. The van der Waals surface area contributed by atoms with Gasteiger partial charge < -0.3 is 10.1 Å². The second-order valence-electron chi connectivity index (χ2n) is 5.72. The van der Waals surface area contributed by atoms with Crippen LogP contribution in [0.25, 0.3) is 0 Å². The van der Waals surface area contributed by atoms with E-state index in [1.54, 1.807) is 0 Å². The molecule has 2 atom stereocenters. The first-order chi connectivity index (χ1) is 9.30. The van der Waals surface area contributed by atoms with Gasteiger partial charge in [0.1, 0.15) is 0 Å². The third-order valence-corrected chi connectivity index (χ3v) is 5.49. The summed E-state index contributed by atoms with van der Waals surface area (Å²) in [6, 6.07) is 9.39. The molecule has 0 aromatic heterocycles. The van der Waals surface area contributed by atoms with Gasteiger partial charge in [-0.15, -0.1) is 0 Å². The molecule has 19 heavy (non-hydrogen) atoms. The van der Waals surface area contributed by atoms with Gasteiger partial charge in [-0.05, 0) is 49.1 Å². The molecule has 0 bridgehead atoms. The van der Waals surface area contributed by atoms with Crippen molar-refractivity contribution in [2.75, 3.05) is 23.4 Å². The molecule has 1 N–H and O–H groups in total. The number of ether oxygens (including phenoxy) is 1. The summed E-state index contributed by atoms with van der Waals surface area (Å²) < 4.78 is 6.08. The number of anilines is 1. The molecule has 0 amide bonds. The highest BCUT2D eigenvalue weighted by molar-refractivity contribution is 7.99. The average Bonchev–Trinajstić information content (AvgIpc) is 2.87. The number of aryl methyl sites for hydroxylation is 1. The van der Waals surface area contributed by atoms with Gasteiger partial charge in [-0.1, -0.05) is 19.1 Å². The van der Waals surface area contributed by atoms with E-state index in [1.807, 2.05) is 11.8 Å². The van der Waals surface area contributed by atoms with Crippen LogP contribution in [-0.2, 0) is 11.2 Å². The summed E-state index contributed by atoms with van der Waals surface area (Å²) in [5.74, 6) is 2.44. The van der Waals surface area contributed by atoms with E-state index in [-0.39, 0.29) is 5.60 Å². The smallest absolute Gasteiger partial charge is 0.0799 e. The maximum atomic E-state index is 6.08. The number of thioether (sulfide) groups is 1. The zero-order valence-electron chi connectivity index (χ0n) is 11.7. The highest BCUT2D eigenvalue weighted by atomic mass is 32.2. The van der Waals surface area contributed by atoms with Crippen molar-refractivity contribution in [3.8, 4) is 0 Å². The molecule has 2 fully saturated rings. The molecular formula is C16H23NOS. The van der Waals surface area contributed by atoms with Gasteiger partial charge in [0, 0.05) is 24.1 Å². The van der Waals surface area contributed by atoms with Crippen molar-refractivity contribution >= 4 is 17.4 Å². The molecule has 1 spiro atoms. The molecule has 1 aromatic rings.